The van der Waals surface area contributed by atoms with E-state index in [1.807, 2.05) is 12.1 Å². The Morgan fingerprint density at radius 3 is 2.76 bits per heavy atom. The van der Waals surface area contributed by atoms with Crippen LogP contribution in [-0.4, -0.2) is 24.8 Å². The first-order valence-electron chi connectivity index (χ1n) is 6.43. The summed E-state index contributed by atoms with van der Waals surface area (Å²) in [6.45, 7) is 0.171. The number of methoxy groups -OCH3 is 1. The van der Waals surface area contributed by atoms with Gasteiger partial charge in [-0.1, -0.05) is 30.3 Å². The molecule has 0 aliphatic rings. The number of hydrogen-bond acceptors (Lipinski definition) is 4. The lowest BCUT2D eigenvalue weighted by Gasteiger charge is -2.04. The molecule has 0 spiro atoms. The molecule has 108 valence electrons. The van der Waals surface area contributed by atoms with Crippen molar-refractivity contribution in [3.63, 3.8) is 0 Å². The van der Waals surface area contributed by atoms with Crippen molar-refractivity contribution in [1.29, 1.82) is 0 Å². The molecule has 0 radical (unpaired) electrons. The van der Waals surface area contributed by atoms with Crippen LogP contribution in [-0.2, 0) is 4.74 Å². The molecule has 0 amide bonds. The SMILES string of the molecule is COCOc1cccc(C=CC(=O)c2ccccc2O)c1. The third-order valence-corrected chi connectivity index (χ3v) is 2.80. The van der Waals surface area contributed by atoms with Crippen LogP contribution in [0, 0.1) is 0 Å². The molecule has 2 rings (SSSR count). The molecule has 4 heteroatoms. The van der Waals surface area contributed by atoms with Crippen molar-refractivity contribution < 1.29 is 19.4 Å². The van der Waals surface area contributed by atoms with Crippen LogP contribution in [0.2, 0.25) is 0 Å². The van der Waals surface area contributed by atoms with Gasteiger partial charge in [0, 0.05) is 7.11 Å². The standard InChI is InChI=1S/C17H16O4/c1-20-12-21-14-6-4-5-13(11-14)9-10-17(19)15-7-2-3-8-16(15)18/h2-11,18H,12H2,1H3. The third-order valence-electron chi connectivity index (χ3n) is 2.80. The molecule has 0 saturated heterocycles. The number of carbonyl (C=O) groups is 1. The van der Waals surface area contributed by atoms with Crippen LogP contribution in [0.4, 0.5) is 0 Å². The van der Waals surface area contributed by atoms with Gasteiger partial charge in [-0.3, -0.25) is 4.79 Å². The second-order valence-corrected chi connectivity index (χ2v) is 4.34. The molecular weight excluding hydrogens is 268 g/mol. The Kier molecular flexibility index (Phi) is 5.12. The molecule has 0 fully saturated rings. The Bertz CT molecular complexity index is 647. The van der Waals surface area contributed by atoms with E-state index in [-0.39, 0.29) is 23.9 Å². The van der Waals surface area contributed by atoms with Crippen molar-refractivity contribution in [2.45, 2.75) is 0 Å². The lowest BCUT2D eigenvalue weighted by atomic mass is 10.1. The van der Waals surface area contributed by atoms with Gasteiger partial charge in [-0.05, 0) is 35.9 Å². The van der Waals surface area contributed by atoms with Crippen LogP contribution in [0.1, 0.15) is 15.9 Å². The fourth-order valence-electron chi connectivity index (χ4n) is 1.78. The molecule has 1 N–H and O–H groups in total. The van der Waals surface area contributed by atoms with Crippen LogP contribution in [0.5, 0.6) is 11.5 Å². The zero-order chi connectivity index (χ0) is 15.1. The number of ketones is 1. The highest BCUT2D eigenvalue weighted by Crippen LogP contribution is 2.18. The smallest absolute Gasteiger partial charge is 0.189 e. The summed E-state index contributed by atoms with van der Waals surface area (Å²) in [5.41, 5.74) is 1.10. The number of phenolic OH excluding ortho intramolecular Hbond substituents is 1. The first-order chi connectivity index (χ1) is 10.2. The normalized spacial score (nSPS) is 10.7. The summed E-state index contributed by atoms with van der Waals surface area (Å²) in [7, 11) is 1.55. The second kappa shape index (κ2) is 7.26. The Morgan fingerprint density at radius 1 is 1.19 bits per heavy atom. The molecule has 0 aliphatic heterocycles. The van der Waals surface area contributed by atoms with Gasteiger partial charge < -0.3 is 14.6 Å². The zero-order valence-electron chi connectivity index (χ0n) is 11.7. The van der Waals surface area contributed by atoms with Gasteiger partial charge in [0.15, 0.2) is 12.6 Å². The minimum Gasteiger partial charge on any atom is -0.507 e. The van der Waals surface area contributed by atoms with E-state index in [1.54, 1.807) is 43.5 Å². The van der Waals surface area contributed by atoms with Crippen molar-refractivity contribution in [3.05, 3.63) is 65.7 Å². The van der Waals surface area contributed by atoms with E-state index in [0.717, 1.165) is 5.56 Å². The van der Waals surface area contributed by atoms with E-state index in [1.165, 1.54) is 12.1 Å². The monoisotopic (exact) mass is 284 g/mol. The van der Waals surface area contributed by atoms with Gasteiger partial charge >= 0.3 is 0 Å². The summed E-state index contributed by atoms with van der Waals surface area (Å²) in [5.74, 6) is 0.384. The average Bonchev–Trinajstić information content (AvgIpc) is 2.51. The van der Waals surface area contributed by atoms with Gasteiger partial charge in [0.05, 0.1) is 5.56 Å². The number of ether oxygens (including phenoxy) is 2. The van der Waals surface area contributed by atoms with E-state index >= 15 is 0 Å². The molecule has 0 unspecified atom stereocenters. The maximum absolute atomic E-state index is 12.0. The minimum atomic E-state index is -0.253. The number of rotatable bonds is 6. The second-order valence-electron chi connectivity index (χ2n) is 4.34. The van der Waals surface area contributed by atoms with Gasteiger partial charge in [0.25, 0.3) is 0 Å². The summed E-state index contributed by atoms with van der Waals surface area (Å²) in [4.78, 5) is 12.0. The highest BCUT2D eigenvalue weighted by Gasteiger charge is 2.06. The Balaban J connectivity index is 2.10. The highest BCUT2D eigenvalue weighted by atomic mass is 16.7. The average molecular weight is 284 g/mol. The lowest BCUT2D eigenvalue weighted by Crippen LogP contribution is -1.98. The molecule has 0 bridgehead atoms. The lowest BCUT2D eigenvalue weighted by molar-refractivity contribution is 0.0511. The summed E-state index contributed by atoms with van der Waals surface area (Å²) in [6, 6.07) is 13.7. The van der Waals surface area contributed by atoms with Crippen LogP contribution in [0.3, 0.4) is 0 Å². The predicted molar refractivity (Wildman–Crippen MR) is 80.4 cm³/mol. The quantitative estimate of drug-likeness (QED) is 0.502. The van der Waals surface area contributed by atoms with Gasteiger partial charge in [0.1, 0.15) is 11.5 Å². The van der Waals surface area contributed by atoms with Crippen molar-refractivity contribution in [1.82, 2.24) is 0 Å². The topological polar surface area (TPSA) is 55.8 Å². The summed E-state index contributed by atoms with van der Waals surface area (Å²) >= 11 is 0. The van der Waals surface area contributed by atoms with Gasteiger partial charge in [-0.2, -0.15) is 0 Å². The molecule has 4 nitrogen and oxygen atoms in total. The first-order valence-corrected chi connectivity index (χ1v) is 6.43. The predicted octanol–water partition coefficient (Wildman–Crippen LogP) is 3.27. The molecule has 2 aromatic rings. The molecule has 2 aromatic carbocycles. The largest absolute Gasteiger partial charge is 0.507 e. The molecule has 0 aromatic heterocycles. The van der Waals surface area contributed by atoms with Crippen molar-refractivity contribution >= 4 is 11.9 Å². The first kappa shape index (κ1) is 14.8. The third kappa shape index (κ3) is 4.19. The van der Waals surface area contributed by atoms with E-state index in [0.29, 0.717) is 5.75 Å². The number of carbonyl (C=O) groups excluding carboxylic acids is 1. The Morgan fingerprint density at radius 2 is 2.00 bits per heavy atom. The van der Waals surface area contributed by atoms with Crippen LogP contribution in [0.15, 0.2) is 54.6 Å². The number of allylic oxidation sites excluding steroid dienone is 1. The highest BCUT2D eigenvalue weighted by molar-refractivity contribution is 6.08. The molecule has 21 heavy (non-hydrogen) atoms. The van der Waals surface area contributed by atoms with Crippen molar-refractivity contribution in [3.8, 4) is 11.5 Å². The van der Waals surface area contributed by atoms with E-state index in [2.05, 4.69) is 0 Å². The van der Waals surface area contributed by atoms with E-state index in [9.17, 15) is 9.90 Å². The van der Waals surface area contributed by atoms with Crippen molar-refractivity contribution in [2.75, 3.05) is 13.9 Å². The maximum atomic E-state index is 12.0. The van der Waals surface area contributed by atoms with E-state index in [4.69, 9.17) is 9.47 Å². The molecular formula is C17H16O4. The summed E-state index contributed by atoms with van der Waals surface area (Å²) < 4.78 is 10.2. The van der Waals surface area contributed by atoms with Gasteiger partial charge in [-0.15, -0.1) is 0 Å². The zero-order valence-corrected chi connectivity index (χ0v) is 11.7. The molecule has 0 aliphatic carbocycles. The molecule has 0 atom stereocenters. The van der Waals surface area contributed by atoms with Crippen LogP contribution in [0.25, 0.3) is 6.08 Å². The minimum absolute atomic E-state index is 0.0238. The van der Waals surface area contributed by atoms with E-state index < -0.39 is 0 Å². The number of hydrogen-bond donors (Lipinski definition) is 1. The number of aromatic hydroxyl groups is 1. The van der Waals surface area contributed by atoms with Crippen molar-refractivity contribution in [2.24, 2.45) is 0 Å². The Labute approximate surface area is 123 Å². The Hall–Kier alpha value is -2.59. The summed E-state index contributed by atoms with van der Waals surface area (Å²) in [5, 5.41) is 9.63. The van der Waals surface area contributed by atoms with Crippen LogP contribution < -0.4 is 4.74 Å². The fourth-order valence-corrected chi connectivity index (χ4v) is 1.78. The number of phenols is 1. The molecule has 0 saturated carbocycles. The fraction of sp³-hybridized carbons (Fsp3) is 0.118. The van der Waals surface area contributed by atoms with Gasteiger partial charge in [-0.25, -0.2) is 0 Å². The number of benzene rings is 2. The van der Waals surface area contributed by atoms with Gasteiger partial charge in [0.2, 0.25) is 0 Å². The number of para-hydroxylation sites is 1. The maximum Gasteiger partial charge on any atom is 0.189 e. The summed E-state index contributed by atoms with van der Waals surface area (Å²) in [6.07, 6.45) is 3.10. The molecule has 0 heterocycles. The van der Waals surface area contributed by atoms with Crippen LogP contribution >= 0.6 is 0 Å².